The quantitative estimate of drug-likeness (QED) is 0.809. The molecule has 0 bridgehead atoms. The number of nitrogens with two attached hydrogens (primary N) is 1. The summed E-state index contributed by atoms with van der Waals surface area (Å²) in [5.41, 5.74) is 2.07. The molecular weight excluding hydrogens is 232 g/mol. The zero-order valence-corrected chi connectivity index (χ0v) is 11.1. The first-order valence-corrected chi connectivity index (χ1v) is 6.95. The zero-order valence-electron chi connectivity index (χ0n) is 10.3. The van der Waals surface area contributed by atoms with E-state index in [1.54, 1.807) is 4.68 Å². The molecule has 1 saturated carbocycles. The molecule has 0 aliphatic heterocycles. The molecule has 0 spiro atoms. The SMILES string of the molecule is C=C(Nc1cnn(C)c1SN)C1CCCCC1. The average molecular weight is 252 g/mol. The number of anilines is 1. The molecule has 5 heteroatoms. The maximum absolute atomic E-state index is 5.64. The minimum atomic E-state index is 0.597. The van der Waals surface area contributed by atoms with Gasteiger partial charge in [0.1, 0.15) is 5.03 Å². The van der Waals surface area contributed by atoms with E-state index in [1.807, 2.05) is 13.2 Å². The molecule has 0 unspecified atom stereocenters. The second-order valence-corrected chi connectivity index (χ2v) is 5.21. The molecule has 2 rings (SSSR count). The number of hydrogen-bond acceptors (Lipinski definition) is 4. The zero-order chi connectivity index (χ0) is 12.3. The summed E-state index contributed by atoms with van der Waals surface area (Å²) in [6, 6.07) is 0. The average Bonchev–Trinajstić information content (AvgIpc) is 2.71. The van der Waals surface area contributed by atoms with Crippen LogP contribution in [0, 0.1) is 5.92 Å². The Kier molecular flexibility index (Phi) is 4.12. The summed E-state index contributed by atoms with van der Waals surface area (Å²) in [6.07, 6.45) is 8.30. The lowest BCUT2D eigenvalue weighted by molar-refractivity contribution is 0.405. The van der Waals surface area contributed by atoms with Gasteiger partial charge in [-0.15, -0.1) is 0 Å². The molecule has 3 N–H and O–H groups in total. The smallest absolute Gasteiger partial charge is 0.132 e. The van der Waals surface area contributed by atoms with Crippen LogP contribution in [0.3, 0.4) is 0 Å². The maximum atomic E-state index is 5.64. The van der Waals surface area contributed by atoms with Crippen molar-refractivity contribution in [3.05, 3.63) is 18.5 Å². The lowest BCUT2D eigenvalue weighted by Gasteiger charge is -2.24. The molecule has 0 aromatic carbocycles. The standard InChI is InChI=1S/C12H20N4S/c1-9(10-6-4-3-5-7-10)15-11-8-14-16(2)12(11)17-13/h8,10,15H,1,3-7,13H2,2H3. The number of allylic oxidation sites excluding steroid dienone is 1. The molecule has 1 heterocycles. The minimum absolute atomic E-state index is 0.597. The van der Waals surface area contributed by atoms with Crippen molar-refractivity contribution in [1.82, 2.24) is 9.78 Å². The van der Waals surface area contributed by atoms with Crippen molar-refractivity contribution < 1.29 is 0 Å². The van der Waals surface area contributed by atoms with Crippen molar-refractivity contribution in [2.75, 3.05) is 5.32 Å². The van der Waals surface area contributed by atoms with Gasteiger partial charge in [0.2, 0.25) is 0 Å². The molecule has 0 radical (unpaired) electrons. The Morgan fingerprint density at radius 2 is 2.24 bits per heavy atom. The monoisotopic (exact) mass is 252 g/mol. The van der Waals surface area contributed by atoms with Gasteiger partial charge in [-0.3, -0.25) is 9.82 Å². The van der Waals surface area contributed by atoms with Crippen LogP contribution in [0.1, 0.15) is 32.1 Å². The van der Waals surface area contributed by atoms with Crippen LogP contribution in [0.5, 0.6) is 0 Å². The van der Waals surface area contributed by atoms with Crippen LogP contribution in [0.15, 0.2) is 23.5 Å². The van der Waals surface area contributed by atoms with Crippen molar-refractivity contribution in [2.45, 2.75) is 37.1 Å². The summed E-state index contributed by atoms with van der Waals surface area (Å²) in [7, 11) is 1.89. The molecule has 1 aliphatic rings. The van der Waals surface area contributed by atoms with E-state index in [-0.39, 0.29) is 0 Å². The molecule has 1 fully saturated rings. The molecule has 17 heavy (non-hydrogen) atoms. The highest BCUT2D eigenvalue weighted by Crippen LogP contribution is 2.31. The van der Waals surface area contributed by atoms with Crippen molar-refractivity contribution in [3.8, 4) is 0 Å². The molecule has 4 nitrogen and oxygen atoms in total. The Morgan fingerprint density at radius 3 is 2.88 bits per heavy atom. The first-order valence-electron chi connectivity index (χ1n) is 6.07. The number of hydrogen-bond donors (Lipinski definition) is 2. The third kappa shape index (κ3) is 2.84. The van der Waals surface area contributed by atoms with Crippen LogP contribution in [-0.2, 0) is 7.05 Å². The summed E-state index contributed by atoms with van der Waals surface area (Å²) in [4.78, 5) is 0. The van der Waals surface area contributed by atoms with Crippen LogP contribution in [0.25, 0.3) is 0 Å². The maximum Gasteiger partial charge on any atom is 0.132 e. The summed E-state index contributed by atoms with van der Waals surface area (Å²) in [5, 5.41) is 14.2. The van der Waals surface area contributed by atoms with Gasteiger partial charge in [0.05, 0.1) is 11.9 Å². The second-order valence-electron chi connectivity index (χ2n) is 4.59. The normalized spacial score (nSPS) is 17.1. The fraction of sp³-hybridized carbons (Fsp3) is 0.583. The van der Waals surface area contributed by atoms with E-state index in [1.165, 1.54) is 44.1 Å². The number of nitrogens with zero attached hydrogens (tertiary/aromatic N) is 2. The van der Waals surface area contributed by atoms with E-state index in [9.17, 15) is 0 Å². The number of rotatable bonds is 4. The number of aromatic nitrogens is 2. The molecule has 1 aromatic rings. The van der Waals surface area contributed by atoms with Crippen LogP contribution >= 0.6 is 11.9 Å². The first kappa shape index (κ1) is 12.5. The third-order valence-electron chi connectivity index (χ3n) is 3.39. The van der Waals surface area contributed by atoms with Crippen LogP contribution in [0.2, 0.25) is 0 Å². The Bertz CT molecular complexity index is 393. The number of nitrogens with one attached hydrogen (secondary N) is 1. The molecule has 0 atom stereocenters. The van der Waals surface area contributed by atoms with Crippen molar-refractivity contribution in [2.24, 2.45) is 18.1 Å². The lowest BCUT2D eigenvalue weighted by atomic mass is 9.87. The van der Waals surface area contributed by atoms with Crippen LogP contribution in [-0.4, -0.2) is 9.78 Å². The van der Waals surface area contributed by atoms with E-state index in [2.05, 4.69) is 17.0 Å². The molecule has 0 saturated heterocycles. The van der Waals surface area contributed by atoms with Crippen molar-refractivity contribution in [3.63, 3.8) is 0 Å². The molecule has 94 valence electrons. The van der Waals surface area contributed by atoms with E-state index in [0.717, 1.165) is 16.4 Å². The molecule has 1 aliphatic carbocycles. The summed E-state index contributed by atoms with van der Waals surface area (Å²) in [5.74, 6) is 0.597. The van der Waals surface area contributed by atoms with E-state index in [4.69, 9.17) is 5.14 Å². The van der Waals surface area contributed by atoms with Gasteiger partial charge in [0.25, 0.3) is 0 Å². The predicted molar refractivity (Wildman–Crippen MR) is 72.6 cm³/mol. The van der Waals surface area contributed by atoms with Crippen molar-refractivity contribution >= 4 is 17.6 Å². The molecule has 1 aromatic heterocycles. The van der Waals surface area contributed by atoms with E-state index < -0.39 is 0 Å². The second kappa shape index (κ2) is 5.60. The van der Waals surface area contributed by atoms with Gasteiger partial charge in [-0.25, -0.2) is 0 Å². The topological polar surface area (TPSA) is 55.9 Å². The summed E-state index contributed by atoms with van der Waals surface area (Å²) < 4.78 is 1.78. The van der Waals surface area contributed by atoms with Crippen molar-refractivity contribution in [1.29, 1.82) is 0 Å². The van der Waals surface area contributed by atoms with E-state index >= 15 is 0 Å². The van der Waals surface area contributed by atoms with Crippen LogP contribution < -0.4 is 10.5 Å². The highest BCUT2D eigenvalue weighted by molar-refractivity contribution is 7.97. The minimum Gasteiger partial charge on any atom is -0.356 e. The van der Waals surface area contributed by atoms with Crippen LogP contribution in [0.4, 0.5) is 5.69 Å². The fourth-order valence-corrected chi connectivity index (χ4v) is 2.81. The predicted octanol–water partition coefficient (Wildman–Crippen LogP) is 2.89. The molecular formula is C12H20N4S. The van der Waals surface area contributed by atoms with Gasteiger partial charge in [-0.1, -0.05) is 25.8 Å². The Hall–Kier alpha value is -0.940. The summed E-state index contributed by atoms with van der Waals surface area (Å²) in [6.45, 7) is 4.16. The Labute approximate surface area is 107 Å². The fourth-order valence-electron chi connectivity index (χ4n) is 2.38. The largest absolute Gasteiger partial charge is 0.356 e. The third-order valence-corrected chi connectivity index (χ3v) is 4.10. The summed E-state index contributed by atoms with van der Waals surface area (Å²) >= 11 is 1.21. The van der Waals surface area contributed by atoms with Gasteiger partial charge >= 0.3 is 0 Å². The first-order chi connectivity index (χ1) is 8.22. The Balaban J connectivity index is 2.01. The Morgan fingerprint density at radius 1 is 1.53 bits per heavy atom. The van der Waals surface area contributed by atoms with Gasteiger partial charge < -0.3 is 5.32 Å². The van der Waals surface area contributed by atoms with E-state index in [0.29, 0.717) is 5.92 Å². The number of aryl methyl sites for hydroxylation is 1. The lowest BCUT2D eigenvalue weighted by Crippen LogP contribution is -2.14. The van der Waals surface area contributed by atoms with Gasteiger partial charge in [-0.05, 0) is 30.7 Å². The highest BCUT2D eigenvalue weighted by atomic mass is 32.2. The van der Waals surface area contributed by atoms with Gasteiger partial charge in [-0.2, -0.15) is 5.10 Å². The molecule has 0 amide bonds. The van der Waals surface area contributed by atoms with Gasteiger partial charge in [0.15, 0.2) is 0 Å². The highest BCUT2D eigenvalue weighted by Gasteiger charge is 2.18. The van der Waals surface area contributed by atoms with Gasteiger partial charge in [0, 0.05) is 12.7 Å².